The molecular weight excluding hydrogens is 284 g/mol. The lowest BCUT2D eigenvalue weighted by molar-refractivity contribution is -0.142. The van der Waals surface area contributed by atoms with Crippen LogP contribution in [0.2, 0.25) is 0 Å². The molecule has 1 aromatic heterocycles. The van der Waals surface area contributed by atoms with Gasteiger partial charge in [-0.15, -0.1) is 11.3 Å². The van der Waals surface area contributed by atoms with Crippen LogP contribution in [0.4, 0.5) is 0 Å². The number of thiazole rings is 1. The highest BCUT2D eigenvalue weighted by atomic mass is 32.1. The summed E-state index contributed by atoms with van der Waals surface area (Å²) >= 11 is 1.63. The fourth-order valence-corrected chi connectivity index (χ4v) is 4.02. The van der Waals surface area contributed by atoms with Crippen molar-refractivity contribution in [2.45, 2.75) is 57.6 Å². The Morgan fingerprint density at radius 1 is 1.29 bits per heavy atom. The molecule has 1 aromatic rings. The van der Waals surface area contributed by atoms with Crippen molar-refractivity contribution < 1.29 is 9.53 Å². The van der Waals surface area contributed by atoms with Gasteiger partial charge in [0.15, 0.2) is 0 Å². The number of amides is 1. The molecule has 0 spiro atoms. The summed E-state index contributed by atoms with van der Waals surface area (Å²) in [6, 6.07) is 0. The van der Waals surface area contributed by atoms with Crippen LogP contribution in [-0.4, -0.2) is 35.0 Å². The van der Waals surface area contributed by atoms with E-state index < -0.39 is 0 Å². The van der Waals surface area contributed by atoms with E-state index in [1.165, 1.54) is 32.1 Å². The van der Waals surface area contributed by atoms with Gasteiger partial charge in [0, 0.05) is 24.7 Å². The first-order chi connectivity index (χ1) is 10.3. The summed E-state index contributed by atoms with van der Waals surface area (Å²) < 4.78 is 5.60. The average molecular weight is 308 g/mol. The first kappa shape index (κ1) is 15.0. The van der Waals surface area contributed by atoms with E-state index in [4.69, 9.17) is 4.74 Å². The largest absolute Gasteiger partial charge is 0.368 e. The summed E-state index contributed by atoms with van der Waals surface area (Å²) in [5, 5.41) is 3.00. The quantitative estimate of drug-likeness (QED) is 0.838. The highest BCUT2D eigenvalue weighted by Crippen LogP contribution is 2.26. The minimum Gasteiger partial charge on any atom is -0.368 e. The molecule has 0 N–H and O–H groups in total. The van der Waals surface area contributed by atoms with Crippen molar-refractivity contribution in [1.29, 1.82) is 0 Å². The first-order valence-electron chi connectivity index (χ1n) is 8.11. The van der Waals surface area contributed by atoms with E-state index in [1.807, 2.05) is 16.5 Å². The molecule has 1 amide bonds. The maximum absolute atomic E-state index is 12.7. The lowest BCUT2D eigenvalue weighted by Gasteiger charge is -2.30. The summed E-state index contributed by atoms with van der Waals surface area (Å²) in [5.41, 5.74) is 0. The lowest BCUT2D eigenvalue weighted by Crippen LogP contribution is -2.41. The molecule has 2 heterocycles. The van der Waals surface area contributed by atoms with Gasteiger partial charge in [0.1, 0.15) is 11.1 Å². The van der Waals surface area contributed by atoms with E-state index in [0.717, 1.165) is 31.0 Å². The Morgan fingerprint density at radius 3 is 2.81 bits per heavy atom. The van der Waals surface area contributed by atoms with Gasteiger partial charge in [0.2, 0.25) is 0 Å². The molecule has 3 rings (SSSR count). The van der Waals surface area contributed by atoms with Crippen LogP contribution in [0.5, 0.6) is 0 Å². The zero-order valence-electron chi connectivity index (χ0n) is 12.5. The molecule has 116 valence electrons. The minimum absolute atomic E-state index is 0.174. The van der Waals surface area contributed by atoms with Crippen LogP contribution in [0.1, 0.15) is 50.0 Å². The van der Waals surface area contributed by atoms with Crippen molar-refractivity contribution in [3.05, 3.63) is 16.6 Å². The predicted molar refractivity (Wildman–Crippen MR) is 83.1 cm³/mol. The standard InChI is InChI=1S/C16H24N2O2S/c19-16(14-7-4-9-20-14)18(12-15-17-8-10-21-15)11-13-5-2-1-3-6-13/h8,10,13-14H,1-7,9,11-12H2. The molecule has 0 radical (unpaired) electrons. The molecule has 4 nitrogen and oxygen atoms in total. The number of rotatable bonds is 5. The van der Waals surface area contributed by atoms with E-state index in [1.54, 1.807) is 11.3 Å². The van der Waals surface area contributed by atoms with Gasteiger partial charge < -0.3 is 9.64 Å². The zero-order chi connectivity index (χ0) is 14.5. The van der Waals surface area contributed by atoms with E-state index in [2.05, 4.69) is 4.98 Å². The molecule has 5 heteroatoms. The Hall–Kier alpha value is -0.940. The summed E-state index contributed by atoms with van der Waals surface area (Å²) in [4.78, 5) is 19.1. The Balaban J connectivity index is 1.65. The van der Waals surface area contributed by atoms with Gasteiger partial charge in [0.05, 0.1) is 6.54 Å². The van der Waals surface area contributed by atoms with Crippen molar-refractivity contribution in [3.8, 4) is 0 Å². The van der Waals surface area contributed by atoms with Crippen LogP contribution in [0.15, 0.2) is 11.6 Å². The number of carbonyl (C=O) groups excluding carboxylic acids is 1. The molecule has 2 fully saturated rings. The van der Waals surface area contributed by atoms with Crippen LogP contribution in [0.3, 0.4) is 0 Å². The van der Waals surface area contributed by atoms with E-state index in [-0.39, 0.29) is 12.0 Å². The molecule has 1 aliphatic heterocycles. The third-order valence-corrected chi connectivity index (χ3v) is 5.29. The predicted octanol–water partition coefficient (Wildman–Crippen LogP) is 3.23. The van der Waals surface area contributed by atoms with E-state index in [9.17, 15) is 4.79 Å². The maximum atomic E-state index is 12.7. The molecule has 1 saturated carbocycles. The second-order valence-electron chi connectivity index (χ2n) is 6.15. The number of nitrogens with zero attached hydrogens (tertiary/aromatic N) is 2. The molecule has 0 bridgehead atoms. The van der Waals surface area contributed by atoms with Gasteiger partial charge in [-0.3, -0.25) is 4.79 Å². The summed E-state index contributed by atoms with van der Waals surface area (Å²) in [6.07, 6.45) is 9.96. The highest BCUT2D eigenvalue weighted by Gasteiger charge is 2.30. The van der Waals surface area contributed by atoms with Crippen molar-refractivity contribution in [2.24, 2.45) is 5.92 Å². The van der Waals surface area contributed by atoms with Crippen LogP contribution in [-0.2, 0) is 16.1 Å². The molecular formula is C16H24N2O2S. The normalized spacial score (nSPS) is 23.3. The van der Waals surface area contributed by atoms with Gasteiger partial charge in [-0.1, -0.05) is 19.3 Å². The molecule has 21 heavy (non-hydrogen) atoms. The van der Waals surface area contributed by atoms with Gasteiger partial charge in [-0.05, 0) is 31.6 Å². The lowest BCUT2D eigenvalue weighted by atomic mass is 9.89. The third-order valence-electron chi connectivity index (χ3n) is 4.53. The number of aromatic nitrogens is 1. The van der Waals surface area contributed by atoms with Crippen LogP contribution < -0.4 is 0 Å². The summed E-state index contributed by atoms with van der Waals surface area (Å²) in [5.74, 6) is 0.831. The Kier molecular flexibility index (Phi) is 5.25. The highest BCUT2D eigenvalue weighted by molar-refractivity contribution is 7.09. The summed E-state index contributed by atoms with van der Waals surface area (Å²) in [6.45, 7) is 2.25. The Bertz CT molecular complexity index is 437. The fourth-order valence-electron chi connectivity index (χ4n) is 3.38. The zero-order valence-corrected chi connectivity index (χ0v) is 13.3. The topological polar surface area (TPSA) is 42.4 Å². The van der Waals surface area contributed by atoms with Gasteiger partial charge in [-0.2, -0.15) is 0 Å². The number of ether oxygens (including phenoxy) is 1. The first-order valence-corrected chi connectivity index (χ1v) is 8.99. The molecule has 0 aromatic carbocycles. The van der Waals surface area contributed by atoms with Crippen molar-refractivity contribution >= 4 is 17.2 Å². The van der Waals surface area contributed by atoms with Crippen molar-refractivity contribution in [3.63, 3.8) is 0 Å². The Labute approximate surface area is 130 Å². The molecule has 1 saturated heterocycles. The summed E-state index contributed by atoms with van der Waals surface area (Å²) in [7, 11) is 0. The maximum Gasteiger partial charge on any atom is 0.252 e. The number of hydrogen-bond acceptors (Lipinski definition) is 4. The molecule has 1 unspecified atom stereocenters. The van der Waals surface area contributed by atoms with E-state index in [0.29, 0.717) is 12.5 Å². The number of carbonyl (C=O) groups is 1. The second kappa shape index (κ2) is 7.36. The molecule has 2 aliphatic rings. The molecule has 1 aliphatic carbocycles. The number of hydrogen-bond donors (Lipinski definition) is 0. The molecule has 1 atom stereocenters. The van der Waals surface area contributed by atoms with Crippen molar-refractivity contribution in [1.82, 2.24) is 9.88 Å². The SMILES string of the molecule is O=C(C1CCCO1)N(Cc1nccs1)CC1CCCCC1. The van der Waals surface area contributed by atoms with E-state index >= 15 is 0 Å². The van der Waals surface area contributed by atoms with Gasteiger partial charge in [-0.25, -0.2) is 4.98 Å². The van der Waals surface area contributed by atoms with Crippen LogP contribution in [0.25, 0.3) is 0 Å². The van der Waals surface area contributed by atoms with Gasteiger partial charge >= 0.3 is 0 Å². The van der Waals surface area contributed by atoms with Crippen molar-refractivity contribution in [2.75, 3.05) is 13.2 Å². The average Bonchev–Trinajstić information content (AvgIpc) is 3.20. The third kappa shape index (κ3) is 4.04. The minimum atomic E-state index is -0.214. The fraction of sp³-hybridized carbons (Fsp3) is 0.750. The monoisotopic (exact) mass is 308 g/mol. The second-order valence-corrected chi connectivity index (χ2v) is 7.13. The van der Waals surface area contributed by atoms with Crippen LogP contribution >= 0.6 is 11.3 Å². The smallest absolute Gasteiger partial charge is 0.252 e. The van der Waals surface area contributed by atoms with Crippen LogP contribution in [0, 0.1) is 5.92 Å². The van der Waals surface area contributed by atoms with Gasteiger partial charge in [0.25, 0.3) is 5.91 Å². The Morgan fingerprint density at radius 2 is 2.14 bits per heavy atom.